The molecule has 1 nitrogen and oxygen atoms in total. The molecule has 0 atom stereocenters. The van der Waals surface area contributed by atoms with Crippen LogP contribution in [0, 0.1) is 5.82 Å². The molecule has 0 radical (unpaired) electrons. The summed E-state index contributed by atoms with van der Waals surface area (Å²) in [5, 5.41) is 0. The molecule has 0 aliphatic rings. The van der Waals surface area contributed by atoms with Gasteiger partial charge in [-0.05, 0) is 42.0 Å². The van der Waals surface area contributed by atoms with Gasteiger partial charge in [-0.15, -0.1) is 0 Å². The zero-order valence-corrected chi connectivity index (χ0v) is 14.3. The SMILES string of the molecule is O=C(Cc1cc(F)cc(Br)c1)c1ccc(Br)cc1Br. The lowest BCUT2D eigenvalue weighted by Gasteiger charge is -2.05. The van der Waals surface area contributed by atoms with E-state index in [1.807, 2.05) is 6.07 Å². The second-order valence-corrected chi connectivity index (χ2v) is 6.69. The summed E-state index contributed by atoms with van der Waals surface area (Å²) in [6.45, 7) is 0. The van der Waals surface area contributed by atoms with E-state index < -0.39 is 0 Å². The molecule has 0 bridgehead atoms. The minimum atomic E-state index is -0.355. The summed E-state index contributed by atoms with van der Waals surface area (Å²) in [6, 6.07) is 9.84. The van der Waals surface area contributed by atoms with Crippen molar-refractivity contribution in [1.82, 2.24) is 0 Å². The van der Waals surface area contributed by atoms with Crippen molar-refractivity contribution in [3.05, 3.63) is 66.8 Å². The molecule has 0 fully saturated rings. The van der Waals surface area contributed by atoms with Gasteiger partial charge >= 0.3 is 0 Å². The molecule has 0 saturated carbocycles. The molecule has 2 aromatic rings. The second-order valence-electron chi connectivity index (χ2n) is 4.00. The number of rotatable bonds is 3. The van der Waals surface area contributed by atoms with Crippen molar-refractivity contribution >= 4 is 53.6 Å². The molecule has 19 heavy (non-hydrogen) atoms. The fourth-order valence-corrected chi connectivity index (χ4v) is 3.49. The van der Waals surface area contributed by atoms with Crippen LogP contribution in [0.5, 0.6) is 0 Å². The normalized spacial score (nSPS) is 10.5. The topological polar surface area (TPSA) is 17.1 Å². The number of ketones is 1. The summed E-state index contributed by atoms with van der Waals surface area (Å²) in [5.41, 5.74) is 1.23. The summed E-state index contributed by atoms with van der Waals surface area (Å²) < 4.78 is 15.5. The molecule has 0 N–H and O–H groups in total. The van der Waals surface area contributed by atoms with E-state index in [0.717, 1.165) is 8.95 Å². The highest BCUT2D eigenvalue weighted by atomic mass is 79.9. The third-order valence-electron chi connectivity index (χ3n) is 2.52. The van der Waals surface area contributed by atoms with Crippen molar-refractivity contribution in [2.75, 3.05) is 0 Å². The third kappa shape index (κ3) is 3.97. The number of carbonyl (C=O) groups is 1. The first kappa shape index (κ1) is 14.9. The van der Waals surface area contributed by atoms with Crippen LogP contribution in [0.15, 0.2) is 49.8 Å². The van der Waals surface area contributed by atoms with E-state index >= 15 is 0 Å². The molecule has 0 heterocycles. The smallest absolute Gasteiger partial charge is 0.168 e. The van der Waals surface area contributed by atoms with Gasteiger partial charge in [0.05, 0.1) is 0 Å². The summed E-state index contributed by atoms with van der Waals surface area (Å²) in [7, 11) is 0. The number of benzene rings is 2. The quantitative estimate of drug-likeness (QED) is 0.561. The first-order valence-electron chi connectivity index (χ1n) is 5.39. The fraction of sp³-hybridized carbons (Fsp3) is 0.0714. The molecule has 0 aliphatic carbocycles. The van der Waals surface area contributed by atoms with Crippen molar-refractivity contribution in [3.63, 3.8) is 0 Å². The van der Waals surface area contributed by atoms with Gasteiger partial charge in [-0.3, -0.25) is 4.79 Å². The zero-order valence-electron chi connectivity index (χ0n) is 9.59. The predicted octanol–water partition coefficient (Wildman–Crippen LogP) is 5.54. The van der Waals surface area contributed by atoms with Gasteiger partial charge in [0.25, 0.3) is 0 Å². The maximum absolute atomic E-state index is 13.3. The average Bonchev–Trinajstić information content (AvgIpc) is 2.26. The molecule has 0 spiro atoms. The first-order valence-corrected chi connectivity index (χ1v) is 7.77. The van der Waals surface area contributed by atoms with Crippen LogP contribution in [-0.4, -0.2) is 5.78 Å². The van der Waals surface area contributed by atoms with Gasteiger partial charge in [0, 0.05) is 25.4 Å². The lowest BCUT2D eigenvalue weighted by atomic mass is 10.0. The van der Waals surface area contributed by atoms with Crippen molar-refractivity contribution in [2.45, 2.75) is 6.42 Å². The van der Waals surface area contributed by atoms with Gasteiger partial charge in [-0.2, -0.15) is 0 Å². The Morgan fingerprint density at radius 3 is 2.37 bits per heavy atom. The summed E-state index contributed by atoms with van der Waals surface area (Å²) in [4.78, 5) is 12.2. The van der Waals surface area contributed by atoms with Gasteiger partial charge in [0.2, 0.25) is 0 Å². The molecule has 98 valence electrons. The fourth-order valence-electron chi connectivity index (χ4n) is 1.71. The van der Waals surface area contributed by atoms with Gasteiger partial charge in [0.1, 0.15) is 5.82 Å². The summed E-state index contributed by atoms with van der Waals surface area (Å²) >= 11 is 9.91. The third-order valence-corrected chi connectivity index (χ3v) is 4.13. The molecule has 2 rings (SSSR count). The Morgan fingerprint density at radius 2 is 1.74 bits per heavy atom. The molecule has 0 amide bonds. The number of carbonyl (C=O) groups excluding carboxylic acids is 1. The van der Waals surface area contributed by atoms with Crippen LogP contribution in [0.25, 0.3) is 0 Å². The second kappa shape index (κ2) is 6.29. The largest absolute Gasteiger partial charge is 0.294 e. The summed E-state index contributed by atoms with van der Waals surface area (Å²) in [5.74, 6) is -0.413. The van der Waals surface area contributed by atoms with Gasteiger partial charge in [-0.1, -0.05) is 47.8 Å². The Bertz CT molecular complexity index is 620. The Morgan fingerprint density at radius 1 is 1.00 bits per heavy atom. The van der Waals surface area contributed by atoms with E-state index in [-0.39, 0.29) is 18.0 Å². The number of hydrogen-bond acceptors (Lipinski definition) is 1. The van der Waals surface area contributed by atoms with Crippen molar-refractivity contribution in [1.29, 1.82) is 0 Å². The number of Topliss-reactive ketones (excluding diaryl/α,β-unsaturated/α-hetero) is 1. The van der Waals surface area contributed by atoms with Gasteiger partial charge in [-0.25, -0.2) is 4.39 Å². The van der Waals surface area contributed by atoms with E-state index in [4.69, 9.17) is 0 Å². The Labute approximate surface area is 135 Å². The minimum Gasteiger partial charge on any atom is -0.294 e. The molecular weight excluding hydrogens is 443 g/mol. The maximum atomic E-state index is 13.3. The molecule has 0 aliphatic heterocycles. The zero-order chi connectivity index (χ0) is 14.0. The van der Waals surface area contributed by atoms with E-state index in [1.165, 1.54) is 12.1 Å². The Balaban J connectivity index is 2.25. The predicted molar refractivity (Wildman–Crippen MR) is 84.0 cm³/mol. The van der Waals surface area contributed by atoms with Crippen LogP contribution in [0.4, 0.5) is 4.39 Å². The minimum absolute atomic E-state index is 0.0584. The maximum Gasteiger partial charge on any atom is 0.168 e. The van der Waals surface area contributed by atoms with Crippen molar-refractivity contribution in [2.24, 2.45) is 0 Å². The molecule has 0 unspecified atom stereocenters. The molecule has 0 aromatic heterocycles. The van der Waals surface area contributed by atoms with Gasteiger partial charge in [0.15, 0.2) is 5.78 Å². The van der Waals surface area contributed by atoms with E-state index in [0.29, 0.717) is 15.6 Å². The van der Waals surface area contributed by atoms with Crippen molar-refractivity contribution in [3.8, 4) is 0 Å². The van der Waals surface area contributed by atoms with Crippen LogP contribution < -0.4 is 0 Å². The van der Waals surface area contributed by atoms with Crippen LogP contribution in [0.1, 0.15) is 15.9 Å². The lowest BCUT2D eigenvalue weighted by Crippen LogP contribution is -2.04. The average molecular weight is 451 g/mol. The van der Waals surface area contributed by atoms with Crippen LogP contribution in [0.2, 0.25) is 0 Å². The van der Waals surface area contributed by atoms with Crippen LogP contribution in [0.3, 0.4) is 0 Å². The van der Waals surface area contributed by atoms with Crippen molar-refractivity contribution < 1.29 is 9.18 Å². The summed E-state index contributed by atoms with van der Waals surface area (Å²) in [6.07, 6.45) is 0.163. The highest BCUT2D eigenvalue weighted by Crippen LogP contribution is 2.24. The van der Waals surface area contributed by atoms with E-state index in [1.54, 1.807) is 18.2 Å². The molecule has 2 aromatic carbocycles. The Hall–Kier alpha value is -0.520. The highest BCUT2D eigenvalue weighted by Gasteiger charge is 2.12. The molecule has 5 heteroatoms. The molecule has 0 saturated heterocycles. The van der Waals surface area contributed by atoms with E-state index in [9.17, 15) is 9.18 Å². The highest BCUT2D eigenvalue weighted by molar-refractivity contribution is 9.11. The standard InChI is InChI=1S/C14H8Br3FO/c15-9-1-2-12(13(17)7-9)14(19)5-8-3-10(16)6-11(18)4-8/h1-4,6-7H,5H2. The van der Waals surface area contributed by atoms with Crippen LogP contribution in [-0.2, 0) is 6.42 Å². The first-order chi connectivity index (χ1) is 8.95. The molecular formula is C14H8Br3FO. The lowest BCUT2D eigenvalue weighted by molar-refractivity contribution is 0.0992. The van der Waals surface area contributed by atoms with E-state index in [2.05, 4.69) is 47.8 Å². The van der Waals surface area contributed by atoms with Crippen LogP contribution >= 0.6 is 47.8 Å². The Kier molecular flexibility index (Phi) is 4.92. The monoisotopic (exact) mass is 448 g/mol. The van der Waals surface area contributed by atoms with Gasteiger partial charge < -0.3 is 0 Å². The number of halogens is 4. The number of hydrogen-bond donors (Lipinski definition) is 0.